The van der Waals surface area contributed by atoms with E-state index in [1.54, 1.807) is 6.42 Å². The van der Waals surface area contributed by atoms with Crippen molar-refractivity contribution in [2.75, 3.05) is 19.6 Å². The predicted octanol–water partition coefficient (Wildman–Crippen LogP) is 3.77. The van der Waals surface area contributed by atoms with Crippen LogP contribution in [0.5, 0.6) is 0 Å². The van der Waals surface area contributed by atoms with Gasteiger partial charge in [-0.2, -0.15) is 0 Å². The van der Waals surface area contributed by atoms with Crippen LogP contribution in [0, 0.1) is 29.1 Å². The van der Waals surface area contributed by atoms with E-state index >= 15 is 0 Å². The van der Waals surface area contributed by atoms with Gasteiger partial charge in [-0.1, -0.05) is 41.0 Å². The fraction of sp³-hybridized carbons (Fsp3) is 1.00. The molecule has 0 aromatic heterocycles. The van der Waals surface area contributed by atoms with Crippen LogP contribution in [0.3, 0.4) is 0 Å². The molecule has 2 bridgehead atoms. The van der Waals surface area contributed by atoms with E-state index in [4.69, 9.17) is 0 Å². The lowest BCUT2D eigenvalue weighted by Gasteiger charge is -2.48. The normalized spacial score (nSPS) is 41.1. The molecule has 1 heterocycles. The minimum absolute atomic E-state index is 0.370. The molecule has 5 unspecified atom stereocenters. The van der Waals surface area contributed by atoms with Gasteiger partial charge in [0.05, 0.1) is 0 Å². The summed E-state index contributed by atoms with van der Waals surface area (Å²) in [6, 6.07) is 1.38. The first-order valence-electron chi connectivity index (χ1n) is 9.32. The maximum atomic E-state index is 3.84. The molecule has 2 aliphatic carbocycles. The van der Waals surface area contributed by atoms with Crippen LogP contribution in [0.15, 0.2) is 0 Å². The largest absolute Gasteiger partial charge is 0.311 e. The van der Waals surface area contributed by atoms with E-state index in [1.165, 1.54) is 38.9 Å². The molecule has 0 spiro atoms. The van der Waals surface area contributed by atoms with E-state index < -0.39 is 0 Å². The number of fused-ring (bicyclic) bond motifs is 2. The molecular weight excluding hydrogens is 256 g/mol. The first kappa shape index (κ1) is 15.8. The van der Waals surface area contributed by atoms with E-state index in [9.17, 15) is 0 Å². The monoisotopic (exact) mass is 292 g/mol. The second kappa shape index (κ2) is 5.85. The SMILES string of the molecule is CC(C)C1CNC(C(C)(C)C)CN1CC1CC2CCC1C2. The van der Waals surface area contributed by atoms with Crippen LogP contribution in [0.4, 0.5) is 0 Å². The Hall–Kier alpha value is -0.0800. The number of hydrogen-bond acceptors (Lipinski definition) is 2. The van der Waals surface area contributed by atoms with Gasteiger partial charge in [0.25, 0.3) is 0 Å². The fourth-order valence-corrected chi connectivity index (χ4v) is 5.18. The summed E-state index contributed by atoms with van der Waals surface area (Å²) in [5, 5.41) is 3.84. The van der Waals surface area contributed by atoms with Gasteiger partial charge in [0.1, 0.15) is 0 Å². The minimum Gasteiger partial charge on any atom is -0.311 e. The quantitative estimate of drug-likeness (QED) is 0.852. The number of nitrogens with zero attached hydrogens (tertiary/aromatic N) is 1. The zero-order valence-electron chi connectivity index (χ0n) is 14.9. The molecule has 0 aromatic carbocycles. The van der Waals surface area contributed by atoms with Crippen molar-refractivity contribution in [1.82, 2.24) is 10.2 Å². The second-order valence-corrected chi connectivity index (χ2v) is 9.53. The molecule has 5 atom stereocenters. The standard InChI is InChI=1S/C19H36N2/c1-13(2)17-10-20-18(19(3,4)5)12-21(17)11-16-9-14-6-7-15(16)8-14/h13-18,20H,6-12H2,1-5H3. The molecule has 1 aliphatic heterocycles. The molecule has 1 saturated heterocycles. The van der Waals surface area contributed by atoms with Gasteiger partial charge in [0.2, 0.25) is 0 Å². The van der Waals surface area contributed by atoms with E-state index in [0.717, 1.165) is 29.7 Å². The van der Waals surface area contributed by atoms with Gasteiger partial charge in [-0.05, 0) is 48.3 Å². The van der Waals surface area contributed by atoms with Gasteiger partial charge < -0.3 is 5.32 Å². The molecule has 1 N–H and O–H groups in total. The van der Waals surface area contributed by atoms with Gasteiger partial charge in [0.15, 0.2) is 0 Å². The van der Waals surface area contributed by atoms with Crippen LogP contribution in [0.1, 0.15) is 60.3 Å². The molecule has 2 heteroatoms. The van der Waals surface area contributed by atoms with Crippen molar-refractivity contribution in [3.05, 3.63) is 0 Å². The summed E-state index contributed by atoms with van der Waals surface area (Å²) in [6.07, 6.45) is 6.13. The molecule has 3 rings (SSSR count). The first-order chi connectivity index (χ1) is 9.84. The summed E-state index contributed by atoms with van der Waals surface area (Å²) in [7, 11) is 0. The average molecular weight is 293 g/mol. The minimum atomic E-state index is 0.370. The van der Waals surface area contributed by atoms with Crippen molar-refractivity contribution >= 4 is 0 Å². The highest BCUT2D eigenvalue weighted by Crippen LogP contribution is 2.48. The van der Waals surface area contributed by atoms with E-state index in [1.807, 2.05) is 0 Å². The van der Waals surface area contributed by atoms with Gasteiger partial charge in [-0.15, -0.1) is 0 Å². The summed E-state index contributed by atoms with van der Waals surface area (Å²) in [5.41, 5.74) is 0.370. The number of piperazine rings is 1. The van der Waals surface area contributed by atoms with Crippen LogP contribution >= 0.6 is 0 Å². The highest BCUT2D eigenvalue weighted by molar-refractivity contribution is 4.97. The molecule has 0 aromatic rings. The number of rotatable bonds is 3. The van der Waals surface area contributed by atoms with E-state index in [0.29, 0.717) is 11.5 Å². The molecule has 21 heavy (non-hydrogen) atoms. The Morgan fingerprint density at radius 2 is 1.90 bits per heavy atom. The first-order valence-corrected chi connectivity index (χ1v) is 9.32. The summed E-state index contributed by atoms with van der Waals surface area (Å²) < 4.78 is 0. The summed E-state index contributed by atoms with van der Waals surface area (Å²) in [4.78, 5) is 2.86. The topological polar surface area (TPSA) is 15.3 Å². The van der Waals surface area contributed by atoms with Crippen molar-refractivity contribution < 1.29 is 0 Å². The van der Waals surface area contributed by atoms with Gasteiger partial charge in [-0.25, -0.2) is 0 Å². The molecule has 3 aliphatic rings. The molecule has 2 saturated carbocycles. The summed E-state index contributed by atoms with van der Waals surface area (Å²) in [5.74, 6) is 3.91. The summed E-state index contributed by atoms with van der Waals surface area (Å²) >= 11 is 0. The number of hydrogen-bond donors (Lipinski definition) is 1. The Morgan fingerprint density at radius 1 is 1.14 bits per heavy atom. The Bertz CT molecular complexity index is 357. The lowest BCUT2D eigenvalue weighted by molar-refractivity contribution is 0.0428. The zero-order chi connectivity index (χ0) is 15.2. The molecular formula is C19H36N2. The van der Waals surface area contributed by atoms with Gasteiger partial charge in [-0.3, -0.25) is 4.90 Å². The summed E-state index contributed by atoms with van der Waals surface area (Å²) in [6.45, 7) is 15.8. The predicted molar refractivity (Wildman–Crippen MR) is 90.4 cm³/mol. The van der Waals surface area contributed by atoms with Gasteiger partial charge in [0, 0.05) is 31.7 Å². The van der Waals surface area contributed by atoms with Crippen LogP contribution in [-0.2, 0) is 0 Å². The smallest absolute Gasteiger partial charge is 0.0244 e. The third-order valence-corrected chi connectivity index (χ3v) is 6.63. The third-order valence-electron chi connectivity index (χ3n) is 6.63. The molecule has 2 nitrogen and oxygen atoms in total. The highest BCUT2D eigenvalue weighted by atomic mass is 15.2. The molecule has 122 valence electrons. The Morgan fingerprint density at radius 3 is 2.43 bits per heavy atom. The molecule has 0 amide bonds. The van der Waals surface area contributed by atoms with Crippen LogP contribution < -0.4 is 5.32 Å². The van der Waals surface area contributed by atoms with Crippen molar-refractivity contribution in [3.63, 3.8) is 0 Å². The van der Waals surface area contributed by atoms with Crippen molar-refractivity contribution in [3.8, 4) is 0 Å². The van der Waals surface area contributed by atoms with Gasteiger partial charge >= 0.3 is 0 Å². The fourth-order valence-electron chi connectivity index (χ4n) is 5.18. The second-order valence-electron chi connectivity index (χ2n) is 9.53. The average Bonchev–Trinajstić information content (AvgIpc) is 2.99. The molecule has 3 fully saturated rings. The maximum absolute atomic E-state index is 3.84. The lowest BCUT2D eigenvalue weighted by Crippen LogP contribution is -2.62. The zero-order valence-corrected chi connectivity index (χ0v) is 14.9. The van der Waals surface area contributed by atoms with Crippen LogP contribution in [0.2, 0.25) is 0 Å². The molecule has 0 radical (unpaired) electrons. The van der Waals surface area contributed by atoms with E-state index in [2.05, 4.69) is 44.8 Å². The van der Waals surface area contributed by atoms with Crippen LogP contribution in [-0.4, -0.2) is 36.6 Å². The number of nitrogens with one attached hydrogen (secondary N) is 1. The highest BCUT2D eigenvalue weighted by Gasteiger charge is 2.42. The Kier molecular flexibility index (Phi) is 4.40. The van der Waals surface area contributed by atoms with Crippen LogP contribution in [0.25, 0.3) is 0 Å². The van der Waals surface area contributed by atoms with Crippen molar-refractivity contribution in [2.24, 2.45) is 29.1 Å². The third kappa shape index (κ3) is 3.32. The Labute approximate surface area is 132 Å². The van der Waals surface area contributed by atoms with Crippen molar-refractivity contribution in [2.45, 2.75) is 72.4 Å². The Balaban J connectivity index is 1.66. The van der Waals surface area contributed by atoms with E-state index in [-0.39, 0.29) is 0 Å². The van der Waals surface area contributed by atoms with Crippen molar-refractivity contribution in [1.29, 1.82) is 0 Å². The maximum Gasteiger partial charge on any atom is 0.0244 e. The lowest BCUT2D eigenvalue weighted by atomic mass is 9.82.